The van der Waals surface area contributed by atoms with Crippen LogP contribution in [0.2, 0.25) is 5.02 Å². The number of nitrogens with zero attached hydrogens (tertiary/aromatic N) is 3. The van der Waals surface area contributed by atoms with Gasteiger partial charge in [0.05, 0.1) is 11.7 Å². The molecular formula is C25H21ClN4OS. The summed E-state index contributed by atoms with van der Waals surface area (Å²) in [6, 6.07) is 19.5. The molecule has 1 aromatic carbocycles. The third-order valence-electron chi connectivity index (χ3n) is 5.65. The Hall–Kier alpha value is -3.22. The fourth-order valence-electron chi connectivity index (χ4n) is 3.99. The predicted molar refractivity (Wildman–Crippen MR) is 129 cm³/mol. The number of hydrogen-bond acceptors (Lipinski definition) is 4. The van der Waals surface area contributed by atoms with E-state index in [-0.39, 0.29) is 12.1 Å². The highest BCUT2D eigenvalue weighted by Gasteiger charge is 2.41. The van der Waals surface area contributed by atoms with Crippen molar-refractivity contribution in [2.24, 2.45) is 0 Å². The summed E-state index contributed by atoms with van der Waals surface area (Å²) in [5.41, 5.74) is 3.95. The minimum Gasteiger partial charge on any atom is -0.459 e. The van der Waals surface area contributed by atoms with Gasteiger partial charge in [0.25, 0.3) is 0 Å². The van der Waals surface area contributed by atoms with E-state index in [0.29, 0.717) is 16.7 Å². The molecule has 2 unspecified atom stereocenters. The lowest BCUT2D eigenvalue weighted by atomic mass is 10.0. The molecule has 0 aliphatic carbocycles. The minimum atomic E-state index is -0.160. The first-order chi connectivity index (χ1) is 15.6. The van der Waals surface area contributed by atoms with Crippen LogP contribution in [0, 0.1) is 6.92 Å². The van der Waals surface area contributed by atoms with Crippen LogP contribution in [0.5, 0.6) is 0 Å². The van der Waals surface area contributed by atoms with Crippen molar-refractivity contribution in [3.05, 3.63) is 107 Å². The number of pyridine rings is 2. The summed E-state index contributed by atoms with van der Waals surface area (Å²) >= 11 is 12.1. The Kier molecular flexibility index (Phi) is 5.64. The van der Waals surface area contributed by atoms with E-state index in [2.05, 4.69) is 20.2 Å². The quantitative estimate of drug-likeness (QED) is 0.376. The second-order valence-corrected chi connectivity index (χ2v) is 8.58. The standard InChI is InChI=1S/C25H21ClN4OS/c1-16-7-8-18(13-19(16)26)21-9-10-22(31-21)24-23(20-6-2-3-12-28-20)29-25(32)30(24)15-17-5-4-11-27-14-17/h2-14,23-24H,15H2,1H3,(H,29,32). The van der Waals surface area contributed by atoms with Gasteiger partial charge in [-0.2, -0.15) is 0 Å². The first-order valence-corrected chi connectivity index (χ1v) is 11.1. The van der Waals surface area contributed by atoms with Crippen molar-refractivity contribution < 1.29 is 4.42 Å². The van der Waals surface area contributed by atoms with E-state index in [0.717, 1.165) is 33.9 Å². The number of aryl methyl sites for hydroxylation is 1. The van der Waals surface area contributed by atoms with Gasteiger partial charge in [0.1, 0.15) is 17.6 Å². The zero-order chi connectivity index (χ0) is 22.1. The highest BCUT2D eigenvalue weighted by molar-refractivity contribution is 7.80. The number of nitrogens with one attached hydrogen (secondary N) is 1. The van der Waals surface area contributed by atoms with Crippen molar-refractivity contribution in [3.63, 3.8) is 0 Å². The van der Waals surface area contributed by atoms with Gasteiger partial charge in [-0.1, -0.05) is 35.9 Å². The van der Waals surface area contributed by atoms with Crippen molar-refractivity contribution >= 4 is 28.9 Å². The van der Waals surface area contributed by atoms with Gasteiger partial charge in [-0.25, -0.2) is 0 Å². The molecule has 5 nitrogen and oxygen atoms in total. The Labute approximate surface area is 197 Å². The molecule has 160 valence electrons. The molecule has 1 N–H and O–H groups in total. The lowest BCUT2D eigenvalue weighted by Crippen LogP contribution is -2.29. The second-order valence-electron chi connectivity index (χ2n) is 7.78. The Bertz CT molecular complexity index is 1250. The molecular weight excluding hydrogens is 440 g/mol. The van der Waals surface area contributed by atoms with E-state index in [1.165, 1.54) is 0 Å². The van der Waals surface area contributed by atoms with Crippen LogP contribution in [0.15, 0.2) is 83.7 Å². The van der Waals surface area contributed by atoms with E-state index < -0.39 is 0 Å². The Morgan fingerprint density at radius 2 is 2.00 bits per heavy atom. The van der Waals surface area contributed by atoms with Crippen molar-refractivity contribution in [2.45, 2.75) is 25.6 Å². The highest BCUT2D eigenvalue weighted by atomic mass is 35.5. The Balaban J connectivity index is 1.54. The van der Waals surface area contributed by atoms with E-state index in [1.54, 1.807) is 12.4 Å². The maximum atomic E-state index is 6.37. The van der Waals surface area contributed by atoms with Crippen LogP contribution >= 0.6 is 23.8 Å². The topological polar surface area (TPSA) is 54.2 Å². The van der Waals surface area contributed by atoms with Crippen LogP contribution in [0.4, 0.5) is 0 Å². The molecule has 3 aromatic heterocycles. The summed E-state index contributed by atoms with van der Waals surface area (Å²) < 4.78 is 6.37. The molecule has 0 spiro atoms. The van der Waals surface area contributed by atoms with Crippen LogP contribution in [0.1, 0.15) is 34.7 Å². The maximum Gasteiger partial charge on any atom is 0.170 e. The number of halogens is 1. The summed E-state index contributed by atoms with van der Waals surface area (Å²) in [6.07, 6.45) is 5.42. The molecule has 5 rings (SSSR count). The largest absolute Gasteiger partial charge is 0.459 e. The molecule has 1 aliphatic rings. The first kappa shape index (κ1) is 20.7. The first-order valence-electron chi connectivity index (χ1n) is 10.3. The Morgan fingerprint density at radius 1 is 1.09 bits per heavy atom. The molecule has 0 saturated carbocycles. The van der Waals surface area contributed by atoms with Gasteiger partial charge in [0.2, 0.25) is 0 Å². The van der Waals surface area contributed by atoms with E-state index in [4.69, 9.17) is 28.2 Å². The van der Waals surface area contributed by atoms with Crippen molar-refractivity contribution in [2.75, 3.05) is 0 Å². The Morgan fingerprint density at radius 3 is 2.75 bits per heavy atom. The van der Waals surface area contributed by atoms with E-state index in [1.807, 2.05) is 73.8 Å². The predicted octanol–water partition coefficient (Wildman–Crippen LogP) is 5.87. The van der Waals surface area contributed by atoms with Crippen LogP contribution < -0.4 is 5.32 Å². The number of rotatable bonds is 5. The van der Waals surface area contributed by atoms with Gasteiger partial charge in [0, 0.05) is 35.7 Å². The zero-order valence-corrected chi connectivity index (χ0v) is 19.0. The van der Waals surface area contributed by atoms with Crippen molar-refractivity contribution in [1.29, 1.82) is 0 Å². The monoisotopic (exact) mass is 460 g/mol. The van der Waals surface area contributed by atoms with Gasteiger partial charge >= 0.3 is 0 Å². The fraction of sp³-hybridized carbons (Fsp3) is 0.160. The third-order valence-corrected chi connectivity index (χ3v) is 6.41. The molecule has 1 saturated heterocycles. The lowest BCUT2D eigenvalue weighted by Gasteiger charge is -2.26. The van der Waals surface area contributed by atoms with Gasteiger partial charge in [-0.15, -0.1) is 0 Å². The molecule has 32 heavy (non-hydrogen) atoms. The third kappa shape index (κ3) is 3.99. The van der Waals surface area contributed by atoms with Gasteiger partial charge in [-0.3, -0.25) is 9.97 Å². The summed E-state index contributed by atoms with van der Waals surface area (Å²) in [7, 11) is 0. The summed E-state index contributed by atoms with van der Waals surface area (Å²) in [5.74, 6) is 1.57. The fourth-order valence-corrected chi connectivity index (χ4v) is 4.47. The second kappa shape index (κ2) is 8.73. The molecule has 4 aromatic rings. The summed E-state index contributed by atoms with van der Waals surface area (Å²) in [4.78, 5) is 11.0. The molecule has 2 atom stereocenters. The molecule has 0 amide bonds. The molecule has 0 bridgehead atoms. The molecule has 1 aliphatic heterocycles. The molecule has 4 heterocycles. The average Bonchev–Trinajstić information content (AvgIpc) is 3.42. The summed E-state index contributed by atoms with van der Waals surface area (Å²) in [6.45, 7) is 2.60. The number of hydrogen-bond donors (Lipinski definition) is 1. The maximum absolute atomic E-state index is 6.37. The van der Waals surface area contributed by atoms with Crippen LogP contribution in [-0.2, 0) is 6.54 Å². The van der Waals surface area contributed by atoms with Crippen molar-refractivity contribution in [3.8, 4) is 11.3 Å². The molecule has 7 heteroatoms. The normalized spacial score (nSPS) is 18.1. The van der Waals surface area contributed by atoms with Gasteiger partial charge in [-0.05, 0) is 66.7 Å². The molecule has 1 fully saturated rings. The smallest absolute Gasteiger partial charge is 0.170 e. The number of thiocarbonyl (C=S) groups is 1. The van der Waals surface area contributed by atoms with E-state index in [9.17, 15) is 0 Å². The summed E-state index contributed by atoms with van der Waals surface area (Å²) in [5, 5.41) is 4.82. The lowest BCUT2D eigenvalue weighted by molar-refractivity contribution is 0.269. The number of benzene rings is 1. The van der Waals surface area contributed by atoms with Gasteiger partial charge < -0.3 is 14.6 Å². The SMILES string of the molecule is Cc1ccc(-c2ccc(C3C(c4ccccn4)NC(=S)N3Cc3cccnc3)o2)cc1Cl. The zero-order valence-electron chi connectivity index (χ0n) is 17.4. The van der Waals surface area contributed by atoms with E-state index >= 15 is 0 Å². The molecule has 0 radical (unpaired) electrons. The van der Waals surface area contributed by atoms with Gasteiger partial charge in [0.15, 0.2) is 5.11 Å². The average molecular weight is 461 g/mol. The van der Waals surface area contributed by atoms with Crippen LogP contribution in [-0.4, -0.2) is 20.0 Å². The highest BCUT2D eigenvalue weighted by Crippen LogP contribution is 2.41. The van der Waals surface area contributed by atoms with Crippen LogP contribution in [0.3, 0.4) is 0 Å². The minimum absolute atomic E-state index is 0.138. The number of furan rings is 1. The van der Waals surface area contributed by atoms with Crippen molar-refractivity contribution in [1.82, 2.24) is 20.2 Å². The van der Waals surface area contributed by atoms with Crippen LogP contribution in [0.25, 0.3) is 11.3 Å². The number of aromatic nitrogens is 2.